The minimum absolute atomic E-state index is 0.151. The van der Waals surface area contributed by atoms with Crippen molar-refractivity contribution >= 4 is 11.9 Å². The maximum atomic E-state index is 12.1. The molecule has 2 aliphatic heterocycles. The fourth-order valence-electron chi connectivity index (χ4n) is 3.13. The summed E-state index contributed by atoms with van der Waals surface area (Å²) in [5, 5.41) is 12.1. The Morgan fingerprint density at radius 1 is 1.26 bits per heavy atom. The SMILES string of the molecule is O=C(O)CC1CCN(C(=O)CCC2CCCNC2)C1. The molecule has 5 nitrogen and oxygen atoms in total. The van der Waals surface area contributed by atoms with Crippen LogP contribution in [0.2, 0.25) is 0 Å². The van der Waals surface area contributed by atoms with E-state index in [9.17, 15) is 9.59 Å². The van der Waals surface area contributed by atoms with E-state index in [1.807, 2.05) is 4.90 Å². The smallest absolute Gasteiger partial charge is 0.303 e. The van der Waals surface area contributed by atoms with Gasteiger partial charge in [-0.15, -0.1) is 0 Å². The standard InChI is InChI=1S/C14H24N2O3/c17-13(4-3-11-2-1-6-15-9-11)16-7-5-12(10-16)8-14(18)19/h11-12,15H,1-10H2,(H,18,19). The second-order valence-electron chi connectivity index (χ2n) is 5.84. The minimum atomic E-state index is -0.757. The topological polar surface area (TPSA) is 69.6 Å². The van der Waals surface area contributed by atoms with Crippen LogP contribution >= 0.6 is 0 Å². The Hall–Kier alpha value is -1.10. The van der Waals surface area contributed by atoms with Gasteiger partial charge in [0.25, 0.3) is 0 Å². The van der Waals surface area contributed by atoms with Gasteiger partial charge in [-0.05, 0) is 50.6 Å². The molecule has 0 bridgehead atoms. The van der Waals surface area contributed by atoms with Crippen molar-refractivity contribution in [1.29, 1.82) is 0 Å². The van der Waals surface area contributed by atoms with Crippen LogP contribution < -0.4 is 5.32 Å². The highest BCUT2D eigenvalue weighted by Gasteiger charge is 2.27. The Kier molecular flexibility index (Phi) is 5.19. The quantitative estimate of drug-likeness (QED) is 0.783. The van der Waals surface area contributed by atoms with E-state index in [1.54, 1.807) is 0 Å². The van der Waals surface area contributed by atoms with E-state index >= 15 is 0 Å². The Bertz CT molecular complexity index is 327. The van der Waals surface area contributed by atoms with Crippen molar-refractivity contribution in [1.82, 2.24) is 10.2 Å². The zero-order chi connectivity index (χ0) is 13.7. The van der Waals surface area contributed by atoms with Gasteiger partial charge in [-0.25, -0.2) is 0 Å². The number of nitrogens with one attached hydrogen (secondary N) is 1. The molecule has 0 radical (unpaired) electrons. The van der Waals surface area contributed by atoms with Crippen LogP contribution in [0.1, 0.15) is 38.5 Å². The van der Waals surface area contributed by atoms with Crippen LogP contribution in [0.4, 0.5) is 0 Å². The van der Waals surface area contributed by atoms with Gasteiger partial charge in [-0.3, -0.25) is 9.59 Å². The molecule has 0 aromatic carbocycles. The molecule has 0 aromatic rings. The summed E-state index contributed by atoms with van der Waals surface area (Å²) in [5.41, 5.74) is 0. The Morgan fingerprint density at radius 3 is 2.79 bits per heavy atom. The molecule has 1 amide bonds. The first kappa shape index (κ1) is 14.3. The molecule has 2 saturated heterocycles. The van der Waals surface area contributed by atoms with Gasteiger partial charge in [0.1, 0.15) is 0 Å². The number of hydrogen-bond donors (Lipinski definition) is 2. The number of amides is 1. The number of hydrogen-bond acceptors (Lipinski definition) is 3. The molecule has 0 aromatic heterocycles. The van der Waals surface area contributed by atoms with Crippen molar-refractivity contribution in [2.24, 2.45) is 11.8 Å². The van der Waals surface area contributed by atoms with Crippen molar-refractivity contribution < 1.29 is 14.7 Å². The van der Waals surface area contributed by atoms with Crippen molar-refractivity contribution in [3.63, 3.8) is 0 Å². The second-order valence-corrected chi connectivity index (χ2v) is 5.84. The maximum Gasteiger partial charge on any atom is 0.303 e. The van der Waals surface area contributed by atoms with E-state index < -0.39 is 5.97 Å². The summed E-state index contributed by atoms with van der Waals surface area (Å²) in [6, 6.07) is 0. The molecule has 2 N–H and O–H groups in total. The molecule has 108 valence electrons. The third kappa shape index (κ3) is 4.49. The Morgan fingerprint density at radius 2 is 2.11 bits per heavy atom. The summed E-state index contributed by atoms with van der Waals surface area (Å²) in [4.78, 5) is 24.6. The molecule has 2 unspecified atom stereocenters. The van der Waals surface area contributed by atoms with E-state index in [-0.39, 0.29) is 18.2 Å². The molecule has 5 heteroatoms. The fraction of sp³-hybridized carbons (Fsp3) is 0.857. The molecule has 0 saturated carbocycles. The monoisotopic (exact) mass is 268 g/mol. The molecule has 19 heavy (non-hydrogen) atoms. The molecule has 0 spiro atoms. The predicted molar refractivity (Wildman–Crippen MR) is 71.8 cm³/mol. The van der Waals surface area contributed by atoms with Crippen LogP contribution in [0, 0.1) is 11.8 Å². The first-order valence-corrected chi connectivity index (χ1v) is 7.35. The molecule has 2 rings (SSSR count). The van der Waals surface area contributed by atoms with E-state index in [0.29, 0.717) is 18.9 Å². The summed E-state index contributed by atoms with van der Waals surface area (Å²) < 4.78 is 0. The average Bonchev–Trinajstić information content (AvgIpc) is 2.85. The van der Waals surface area contributed by atoms with Gasteiger partial charge in [-0.2, -0.15) is 0 Å². The van der Waals surface area contributed by atoms with Gasteiger partial charge < -0.3 is 15.3 Å². The number of carboxylic acids is 1. The molecule has 0 aliphatic carbocycles. The number of likely N-dealkylation sites (tertiary alicyclic amines) is 1. The zero-order valence-corrected chi connectivity index (χ0v) is 11.4. The average molecular weight is 268 g/mol. The lowest BCUT2D eigenvalue weighted by atomic mass is 9.94. The number of piperidine rings is 1. The third-order valence-corrected chi connectivity index (χ3v) is 4.27. The second kappa shape index (κ2) is 6.89. The van der Waals surface area contributed by atoms with Crippen LogP contribution in [-0.2, 0) is 9.59 Å². The highest BCUT2D eigenvalue weighted by molar-refractivity contribution is 5.76. The van der Waals surface area contributed by atoms with E-state index in [4.69, 9.17) is 5.11 Å². The molecule has 2 aliphatic rings. The van der Waals surface area contributed by atoms with Crippen molar-refractivity contribution in [3.8, 4) is 0 Å². The summed E-state index contributed by atoms with van der Waals surface area (Å²) in [5.74, 6) is 0.235. The van der Waals surface area contributed by atoms with Crippen LogP contribution in [-0.4, -0.2) is 48.1 Å². The number of carbonyl (C=O) groups is 2. The van der Waals surface area contributed by atoms with Crippen molar-refractivity contribution in [2.75, 3.05) is 26.2 Å². The highest BCUT2D eigenvalue weighted by atomic mass is 16.4. The predicted octanol–water partition coefficient (Wildman–Crippen LogP) is 1.09. The Labute approximate surface area is 114 Å². The highest BCUT2D eigenvalue weighted by Crippen LogP contribution is 2.22. The van der Waals surface area contributed by atoms with Crippen LogP contribution in [0.25, 0.3) is 0 Å². The first-order chi connectivity index (χ1) is 9.15. The van der Waals surface area contributed by atoms with Crippen molar-refractivity contribution in [2.45, 2.75) is 38.5 Å². The Balaban J connectivity index is 1.67. The molecule has 2 atom stereocenters. The van der Waals surface area contributed by atoms with Gasteiger partial charge >= 0.3 is 5.97 Å². The number of carboxylic acid groups (broad SMARTS) is 1. The number of rotatable bonds is 5. The van der Waals surface area contributed by atoms with Gasteiger partial charge in [-0.1, -0.05) is 0 Å². The first-order valence-electron chi connectivity index (χ1n) is 7.35. The minimum Gasteiger partial charge on any atom is -0.481 e. The summed E-state index contributed by atoms with van der Waals surface area (Å²) in [6.07, 6.45) is 5.04. The normalized spacial score (nSPS) is 27.5. The van der Waals surface area contributed by atoms with Gasteiger partial charge in [0.05, 0.1) is 0 Å². The number of carbonyl (C=O) groups excluding carboxylic acids is 1. The lowest BCUT2D eigenvalue weighted by Crippen LogP contribution is -2.32. The number of aliphatic carboxylic acids is 1. The van der Waals surface area contributed by atoms with E-state index in [0.717, 1.165) is 32.5 Å². The summed E-state index contributed by atoms with van der Waals surface area (Å²) in [6.45, 7) is 3.51. The molecule has 2 fully saturated rings. The van der Waals surface area contributed by atoms with Crippen LogP contribution in [0.5, 0.6) is 0 Å². The zero-order valence-electron chi connectivity index (χ0n) is 11.4. The lowest BCUT2D eigenvalue weighted by molar-refractivity contribution is -0.138. The number of nitrogens with zero attached hydrogens (tertiary/aromatic N) is 1. The molecule has 2 heterocycles. The van der Waals surface area contributed by atoms with Crippen LogP contribution in [0.15, 0.2) is 0 Å². The van der Waals surface area contributed by atoms with E-state index in [1.165, 1.54) is 12.8 Å². The third-order valence-electron chi connectivity index (χ3n) is 4.27. The fourth-order valence-corrected chi connectivity index (χ4v) is 3.13. The van der Waals surface area contributed by atoms with Gasteiger partial charge in [0.2, 0.25) is 5.91 Å². The lowest BCUT2D eigenvalue weighted by Gasteiger charge is -2.23. The largest absolute Gasteiger partial charge is 0.481 e. The van der Waals surface area contributed by atoms with Gasteiger partial charge in [0.15, 0.2) is 0 Å². The summed E-state index contributed by atoms with van der Waals surface area (Å²) >= 11 is 0. The van der Waals surface area contributed by atoms with E-state index in [2.05, 4.69) is 5.32 Å². The van der Waals surface area contributed by atoms with Crippen molar-refractivity contribution in [3.05, 3.63) is 0 Å². The summed E-state index contributed by atoms with van der Waals surface area (Å²) in [7, 11) is 0. The van der Waals surface area contributed by atoms with Crippen LogP contribution in [0.3, 0.4) is 0 Å². The maximum absolute atomic E-state index is 12.1. The van der Waals surface area contributed by atoms with Gasteiger partial charge in [0, 0.05) is 25.9 Å². The molecular formula is C14H24N2O3. The molecular weight excluding hydrogens is 244 g/mol.